The van der Waals surface area contributed by atoms with Gasteiger partial charge < -0.3 is 5.32 Å². The number of pyridine rings is 1. The van der Waals surface area contributed by atoms with Crippen molar-refractivity contribution in [3.63, 3.8) is 0 Å². The molecule has 0 bridgehead atoms. The average molecular weight is 360 g/mol. The van der Waals surface area contributed by atoms with E-state index in [1.54, 1.807) is 12.1 Å². The van der Waals surface area contributed by atoms with E-state index in [0.29, 0.717) is 5.56 Å². The zero-order chi connectivity index (χ0) is 18.9. The molecular weight excluding hydrogens is 339 g/mol. The number of rotatable bonds is 5. The van der Waals surface area contributed by atoms with Gasteiger partial charge in [0.1, 0.15) is 0 Å². The predicted molar refractivity (Wildman–Crippen MR) is 104 cm³/mol. The Morgan fingerprint density at radius 1 is 1.07 bits per heavy atom. The second-order valence-corrected chi connectivity index (χ2v) is 7.11. The summed E-state index contributed by atoms with van der Waals surface area (Å²) in [6, 6.07) is 20.8. The van der Waals surface area contributed by atoms with Gasteiger partial charge in [-0.15, -0.1) is 0 Å². The monoisotopic (exact) mass is 360 g/mol. The molecule has 0 aliphatic heterocycles. The van der Waals surface area contributed by atoms with Gasteiger partial charge in [-0.2, -0.15) is 4.39 Å². The van der Waals surface area contributed by atoms with Gasteiger partial charge >= 0.3 is 0 Å². The lowest BCUT2D eigenvalue weighted by atomic mass is 9.94. The number of carbonyl (C=O) groups is 1. The summed E-state index contributed by atoms with van der Waals surface area (Å²) < 4.78 is 14.0. The predicted octanol–water partition coefficient (Wildman–Crippen LogP) is 4.80. The summed E-state index contributed by atoms with van der Waals surface area (Å²) >= 11 is 0. The fourth-order valence-corrected chi connectivity index (χ4v) is 3.52. The topological polar surface area (TPSA) is 42.0 Å². The van der Waals surface area contributed by atoms with Gasteiger partial charge in [0, 0.05) is 11.8 Å². The van der Waals surface area contributed by atoms with Crippen molar-refractivity contribution in [3.8, 4) is 11.1 Å². The van der Waals surface area contributed by atoms with Crippen LogP contribution >= 0.6 is 0 Å². The molecule has 136 valence electrons. The van der Waals surface area contributed by atoms with Crippen molar-refractivity contribution in [2.24, 2.45) is 0 Å². The maximum atomic E-state index is 14.0. The van der Waals surface area contributed by atoms with Crippen LogP contribution in [-0.4, -0.2) is 10.9 Å². The Labute approximate surface area is 158 Å². The molecule has 1 saturated carbocycles. The summed E-state index contributed by atoms with van der Waals surface area (Å²) in [6.07, 6.45) is 3.18. The normalized spacial score (nSPS) is 15.8. The molecule has 1 amide bonds. The van der Waals surface area contributed by atoms with Crippen molar-refractivity contribution in [2.45, 2.75) is 31.2 Å². The van der Waals surface area contributed by atoms with Gasteiger partial charge in [-0.25, -0.2) is 4.98 Å². The highest BCUT2D eigenvalue weighted by atomic mass is 19.1. The number of benzene rings is 2. The van der Waals surface area contributed by atoms with Crippen molar-refractivity contribution in [1.29, 1.82) is 0 Å². The number of carbonyl (C=O) groups excluding carboxylic acids is 1. The summed E-state index contributed by atoms with van der Waals surface area (Å²) in [5, 5.41) is 3.14. The van der Waals surface area contributed by atoms with Gasteiger partial charge in [0.05, 0.1) is 11.5 Å². The number of amides is 1. The number of halogens is 1. The maximum Gasteiger partial charge on any atom is 0.231 e. The SMILES string of the molecule is C[C@H](NC(=O)C1(c2ccccc2)CC1)c1cccc(-c2cccnc2F)c1. The van der Waals surface area contributed by atoms with Gasteiger partial charge in [0.25, 0.3) is 0 Å². The van der Waals surface area contributed by atoms with Crippen LogP contribution in [0.3, 0.4) is 0 Å². The second kappa shape index (κ2) is 6.95. The van der Waals surface area contributed by atoms with Crippen LogP contribution in [0.25, 0.3) is 11.1 Å². The van der Waals surface area contributed by atoms with Crippen molar-refractivity contribution in [2.75, 3.05) is 0 Å². The molecule has 1 aromatic heterocycles. The standard InChI is InChI=1S/C23H21FN2O/c1-16(26-22(27)23(12-13-23)19-9-3-2-4-10-19)17-7-5-8-18(15-17)20-11-6-14-25-21(20)24/h2-11,14-16H,12-13H2,1H3,(H,26,27)/t16-/m0/s1. The fraction of sp³-hybridized carbons (Fsp3) is 0.217. The summed E-state index contributed by atoms with van der Waals surface area (Å²) in [5.74, 6) is -0.438. The Morgan fingerprint density at radius 3 is 2.56 bits per heavy atom. The Balaban J connectivity index is 1.54. The number of nitrogens with one attached hydrogen (secondary N) is 1. The maximum absolute atomic E-state index is 14.0. The van der Waals surface area contributed by atoms with Gasteiger partial charge in [0.15, 0.2) is 0 Å². The van der Waals surface area contributed by atoms with Gasteiger partial charge in [-0.05, 0) is 54.7 Å². The molecule has 2 aromatic carbocycles. The van der Waals surface area contributed by atoms with E-state index in [-0.39, 0.29) is 11.9 Å². The zero-order valence-corrected chi connectivity index (χ0v) is 15.2. The molecule has 0 spiro atoms. The Bertz CT molecular complexity index is 967. The van der Waals surface area contributed by atoms with E-state index in [1.807, 2.05) is 61.5 Å². The highest BCUT2D eigenvalue weighted by Gasteiger charge is 2.51. The number of hydrogen-bond donors (Lipinski definition) is 1. The highest BCUT2D eigenvalue weighted by molar-refractivity contribution is 5.91. The third-order valence-electron chi connectivity index (χ3n) is 5.32. The van der Waals surface area contributed by atoms with Crippen molar-refractivity contribution < 1.29 is 9.18 Å². The molecule has 0 radical (unpaired) electrons. The zero-order valence-electron chi connectivity index (χ0n) is 15.2. The lowest BCUT2D eigenvalue weighted by molar-refractivity contribution is -0.124. The van der Waals surface area contributed by atoms with E-state index >= 15 is 0 Å². The first kappa shape index (κ1) is 17.4. The molecule has 1 heterocycles. The molecule has 1 atom stereocenters. The van der Waals surface area contributed by atoms with Gasteiger partial charge in [-0.3, -0.25) is 4.79 Å². The molecule has 4 heteroatoms. The molecule has 3 aromatic rings. The van der Waals surface area contributed by atoms with Crippen molar-refractivity contribution in [1.82, 2.24) is 10.3 Å². The third kappa shape index (κ3) is 3.35. The van der Waals surface area contributed by atoms with Crippen molar-refractivity contribution >= 4 is 5.91 Å². The van der Waals surface area contributed by atoms with Gasteiger partial charge in [-0.1, -0.05) is 48.5 Å². The first-order valence-electron chi connectivity index (χ1n) is 9.17. The second-order valence-electron chi connectivity index (χ2n) is 7.11. The highest BCUT2D eigenvalue weighted by Crippen LogP contribution is 2.48. The van der Waals surface area contributed by atoms with Crippen LogP contribution in [0.5, 0.6) is 0 Å². The van der Waals surface area contributed by atoms with Crippen LogP contribution < -0.4 is 5.32 Å². The minimum absolute atomic E-state index is 0.0548. The number of aromatic nitrogens is 1. The van der Waals surface area contributed by atoms with Crippen LogP contribution in [0.2, 0.25) is 0 Å². The minimum Gasteiger partial charge on any atom is -0.349 e. The molecule has 1 fully saturated rings. The van der Waals surface area contributed by atoms with E-state index in [4.69, 9.17) is 0 Å². The summed E-state index contributed by atoms with van der Waals surface area (Å²) in [4.78, 5) is 16.7. The van der Waals surface area contributed by atoms with E-state index in [9.17, 15) is 9.18 Å². The molecule has 0 saturated heterocycles. The molecule has 4 rings (SSSR count). The molecule has 27 heavy (non-hydrogen) atoms. The summed E-state index contributed by atoms with van der Waals surface area (Å²) in [7, 11) is 0. The van der Waals surface area contributed by atoms with Crippen LogP contribution in [0.1, 0.15) is 36.9 Å². The summed E-state index contributed by atoms with van der Waals surface area (Å²) in [6.45, 7) is 1.96. The van der Waals surface area contributed by atoms with Crippen molar-refractivity contribution in [3.05, 3.63) is 90.0 Å². The van der Waals surface area contributed by atoms with Crippen LogP contribution in [-0.2, 0) is 10.2 Å². The summed E-state index contributed by atoms with van der Waals surface area (Å²) in [5.41, 5.74) is 2.82. The largest absolute Gasteiger partial charge is 0.349 e. The Hall–Kier alpha value is -3.01. The first-order valence-corrected chi connectivity index (χ1v) is 9.17. The van der Waals surface area contributed by atoms with E-state index < -0.39 is 11.4 Å². The lowest BCUT2D eigenvalue weighted by Gasteiger charge is -2.21. The molecule has 1 aliphatic rings. The Kier molecular flexibility index (Phi) is 4.48. The van der Waals surface area contributed by atoms with Crippen LogP contribution in [0.15, 0.2) is 72.9 Å². The molecule has 3 nitrogen and oxygen atoms in total. The molecular formula is C23H21FN2O. The fourth-order valence-electron chi connectivity index (χ4n) is 3.52. The Morgan fingerprint density at radius 2 is 1.85 bits per heavy atom. The van der Waals surface area contributed by atoms with E-state index in [1.165, 1.54) is 6.20 Å². The van der Waals surface area contributed by atoms with Gasteiger partial charge in [0.2, 0.25) is 11.9 Å². The molecule has 0 unspecified atom stereocenters. The quantitative estimate of drug-likeness (QED) is 0.664. The smallest absolute Gasteiger partial charge is 0.231 e. The average Bonchev–Trinajstić information content (AvgIpc) is 3.51. The van der Waals surface area contributed by atoms with Crippen LogP contribution in [0.4, 0.5) is 4.39 Å². The van der Waals surface area contributed by atoms with E-state index in [0.717, 1.165) is 29.5 Å². The number of nitrogens with zero attached hydrogens (tertiary/aromatic N) is 1. The molecule has 1 N–H and O–H groups in total. The minimum atomic E-state index is -0.493. The lowest BCUT2D eigenvalue weighted by Crippen LogP contribution is -2.36. The number of hydrogen-bond acceptors (Lipinski definition) is 2. The molecule has 1 aliphatic carbocycles. The first-order chi connectivity index (χ1) is 13.1. The third-order valence-corrected chi connectivity index (χ3v) is 5.32. The van der Waals surface area contributed by atoms with E-state index in [2.05, 4.69) is 10.3 Å². The van der Waals surface area contributed by atoms with Crippen LogP contribution in [0, 0.1) is 5.95 Å².